The summed E-state index contributed by atoms with van der Waals surface area (Å²) in [5.41, 5.74) is 0.872. The van der Waals surface area contributed by atoms with E-state index in [1.807, 2.05) is 0 Å². The molecule has 0 saturated heterocycles. The van der Waals surface area contributed by atoms with Gasteiger partial charge in [0.2, 0.25) is 0 Å². The maximum atomic E-state index is 13.2. The van der Waals surface area contributed by atoms with Crippen molar-refractivity contribution in [3.8, 4) is 0 Å². The largest absolute Gasteiger partial charge is 0.467 e. The van der Waals surface area contributed by atoms with Crippen molar-refractivity contribution < 1.29 is 8.81 Å². The molecule has 5 heteroatoms. The van der Waals surface area contributed by atoms with Crippen LogP contribution in [0.5, 0.6) is 0 Å². The van der Waals surface area contributed by atoms with E-state index in [1.165, 1.54) is 23.0 Å². The Kier molecular flexibility index (Phi) is 2.11. The van der Waals surface area contributed by atoms with Gasteiger partial charge in [-0.25, -0.2) is 9.18 Å². The van der Waals surface area contributed by atoms with Crippen LogP contribution in [-0.4, -0.2) is 9.55 Å². The standard InChI is InChI=1S/C12H9FN2O2/c13-8-3-4-10-11(6-8)15(12(16)14-10)7-9-2-1-5-17-9/h1-6H,7H2,(H,14,16). The summed E-state index contributed by atoms with van der Waals surface area (Å²) in [4.78, 5) is 14.4. The van der Waals surface area contributed by atoms with E-state index in [0.717, 1.165) is 0 Å². The fraction of sp³-hybridized carbons (Fsp3) is 0.0833. The summed E-state index contributed by atoms with van der Waals surface area (Å²) in [6.07, 6.45) is 1.54. The summed E-state index contributed by atoms with van der Waals surface area (Å²) in [5.74, 6) is 0.280. The van der Waals surface area contributed by atoms with E-state index in [2.05, 4.69) is 4.98 Å². The van der Waals surface area contributed by atoms with Crippen LogP contribution in [0.15, 0.2) is 45.8 Å². The number of H-pyrrole nitrogens is 1. The van der Waals surface area contributed by atoms with Crippen molar-refractivity contribution in [2.45, 2.75) is 6.54 Å². The minimum absolute atomic E-state index is 0.276. The average Bonchev–Trinajstić information content (AvgIpc) is 2.90. The van der Waals surface area contributed by atoms with E-state index in [9.17, 15) is 9.18 Å². The first kappa shape index (κ1) is 9.89. The van der Waals surface area contributed by atoms with Crippen LogP contribution in [0.2, 0.25) is 0 Å². The summed E-state index contributed by atoms with van der Waals surface area (Å²) >= 11 is 0. The Hall–Kier alpha value is -2.30. The van der Waals surface area contributed by atoms with Crippen LogP contribution in [0, 0.1) is 5.82 Å². The number of furan rings is 1. The molecule has 2 aromatic heterocycles. The molecule has 0 atom stereocenters. The van der Waals surface area contributed by atoms with Gasteiger partial charge in [0, 0.05) is 0 Å². The number of aromatic amines is 1. The molecule has 0 aliphatic carbocycles. The van der Waals surface area contributed by atoms with E-state index in [-0.39, 0.29) is 18.1 Å². The molecule has 3 rings (SSSR count). The van der Waals surface area contributed by atoms with Crippen molar-refractivity contribution in [1.82, 2.24) is 9.55 Å². The van der Waals surface area contributed by atoms with Crippen LogP contribution in [0.25, 0.3) is 11.0 Å². The molecule has 0 unspecified atom stereocenters. The maximum absolute atomic E-state index is 13.2. The zero-order chi connectivity index (χ0) is 11.8. The highest BCUT2D eigenvalue weighted by Crippen LogP contribution is 2.13. The molecule has 0 saturated carbocycles. The van der Waals surface area contributed by atoms with Crippen molar-refractivity contribution >= 4 is 11.0 Å². The van der Waals surface area contributed by atoms with Gasteiger partial charge in [-0.3, -0.25) is 4.57 Å². The number of aromatic nitrogens is 2. The summed E-state index contributed by atoms with van der Waals surface area (Å²) < 4.78 is 19.8. The lowest BCUT2D eigenvalue weighted by atomic mass is 10.3. The summed E-state index contributed by atoms with van der Waals surface area (Å²) in [7, 11) is 0. The third-order valence-corrected chi connectivity index (χ3v) is 2.63. The molecule has 0 aliphatic rings. The van der Waals surface area contributed by atoms with Crippen molar-refractivity contribution in [3.63, 3.8) is 0 Å². The molecule has 0 radical (unpaired) electrons. The number of rotatable bonds is 2. The molecule has 0 bridgehead atoms. The topological polar surface area (TPSA) is 50.9 Å². The number of halogens is 1. The molecule has 4 nitrogen and oxygen atoms in total. The number of fused-ring (bicyclic) bond motifs is 1. The minimum atomic E-state index is -0.371. The van der Waals surface area contributed by atoms with Gasteiger partial charge in [-0.1, -0.05) is 0 Å². The second-order valence-corrected chi connectivity index (χ2v) is 3.76. The number of hydrogen-bond donors (Lipinski definition) is 1. The highest BCUT2D eigenvalue weighted by Gasteiger charge is 2.09. The zero-order valence-corrected chi connectivity index (χ0v) is 8.81. The number of imidazole rings is 1. The van der Waals surface area contributed by atoms with Gasteiger partial charge in [-0.05, 0) is 30.3 Å². The number of benzene rings is 1. The second kappa shape index (κ2) is 3.62. The highest BCUT2D eigenvalue weighted by atomic mass is 19.1. The van der Waals surface area contributed by atoms with Crippen molar-refractivity contribution in [2.24, 2.45) is 0 Å². The molecular formula is C12H9FN2O2. The molecule has 0 amide bonds. The van der Waals surface area contributed by atoms with Gasteiger partial charge < -0.3 is 9.40 Å². The predicted molar refractivity (Wildman–Crippen MR) is 60.3 cm³/mol. The quantitative estimate of drug-likeness (QED) is 0.735. The maximum Gasteiger partial charge on any atom is 0.326 e. The first-order valence-corrected chi connectivity index (χ1v) is 5.14. The summed E-state index contributed by atoms with van der Waals surface area (Å²) in [5, 5.41) is 0. The minimum Gasteiger partial charge on any atom is -0.467 e. The first-order chi connectivity index (χ1) is 8.24. The fourth-order valence-corrected chi connectivity index (χ4v) is 1.84. The van der Waals surface area contributed by atoms with Crippen LogP contribution in [0.1, 0.15) is 5.76 Å². The Morgan fingerprint density at radius 2 is 2.24 bits per heavy atom. The van der Waals surface area contributed by atoms with E-state index in [4.69, 9.17) is 4.42 Å². The lowest BCUT2D eigenvalue weighted by molar-refractivity contribution is 0.493. The highest BCUT2D eigenvalue weighted by molar-refractivity contribution is 5.75. The van der Waals surface area contributed by atoms with Crippen LogP contribution in [-0.2, 0) is 6.54 Å². The van der Waals surface area contributed by atoms with E-state index < -0.39 is 0 Å². The molecular weight excluding hydrogens is 223 g/mol. The van der Waals surface area contributed by atoms with Gasteiger partial charge >= 0.3 is 5.69 Å². The molecule has 1 aromatic carbocycles. The molecule has 17 heavy (non-hydrogen) atoms. The van der Waals surface area contributed by atoms with Crippen LogP contribution >= 0.6 is 0 Å². The normalized spacial score (nSPS) is 11.1. The monoisotopic (exact) mass is 232 g/mol. The van der Waals surface area contributed by atoms with Crippen LogP contribution in [0.4, 0.5) is 4.39 Å². The Bertz CT molecular complexity index is 710. The number of nitrogens with zero attached hydrogens (tertiary/aromatic N) is 1. The lowest BCUT2D eigenvalue weighted by Gasteiger charge is -2.00. The third-order valence-electron chi connectivity index (χ3n) is 2.63. The lowest BCUT2D eigenvalue weighted by Crippen LogP contribution is -2.16. The van der Waals surface area contributed by atoms with Gasteiger partial charge in [0.05, 0.1) is 23.8 Å². The van der Waals surface area contributed by atoms with Gasteiger partial charge in [0.1, 0.15) is 11.6 Å². The van der Waals surface area contributed by atoms with Gasteiger partial charge in [0.15, 0.2) is 0 Å². The SMILES string of the molecule is O=c1[nH]c2ccc(F)cc2n1Cc1ccco1. The van der Waals surface area contributed by atoms with Crippen LogP contribution in [0.3, 0.4) is 0 Å². The second-order valence-electron chi connectivity index (χ2n) is 3.76. The molecule has 0 spiro atoms. The Balaban J connectivity index is 2.17. The Morgan fingerprint density at radius 1 is 1.35 bits per heavy atom. The molecule has 1 N–H and O–H groups in total. The number of hydrogen-bond acceptors (Lipinski definition) is 2. The number of nitrogens with one attached hydrogen (secondary N) is 1. The third kappa shape index (κ3) is 1.65. The smallest absolute Gasteiger partial charge is 0.326 e. The van der Waals surface area contributed by atoms with Gasteiger partial charge in [-0.15, -0.1) is 0 Å². The van der Waals surface area contributed by atoms with Gasteiger partial charge in [0.25, 0.3) is 0 Å². The van der Waals surface area contributed by atoms with E-state index >= 15 is 0 Å². The molecule has 86 valence electrons. The van der Waals surface area contributed by atoms with Crippen molar-refractivity contribution in [3.05, 3.63) is 58.7 Å². The zero-order valence-electron chi connectivity index (χ0n) is 8.81. The fourth-order valence-electron chi connectivity index (χ4n) is 1.84. The first-order valence-electron chi connectivity index (χ1n) is 5.14. The van der Waals surface area contributed by atoms with Crippen LogP contribution < -0.4 is 5.69 Å². The summed E-state index contributed by atoms with van der Waals surface area (Å²) in [6.45, 7) is 0.287. The van der Waals surface area contributed by atoms with E-state index in [0.29, 0.717) is 16.8 Å². The van der Waals surface area contributed by atoms with Crippen molar-refractivity contribution in [1.29, 1.82) is 0 Å². The van der Waals surface area contributed by atoms with E-state index in [1.54, 1.807) is 18.2 Å². The summed E-state index contributed by atoms with van der Waals surface area (Å²) in [6, 6.07) is 7.71. The Morgan fingerprint density at radius 3 is 3.00 bits per heavy atom. The average molecular weight is 232 g/mol. The van der Waals surface area contributed by atoms with Crippen molar-refractivity contribution in [2.75, 3.05) is 0 Å². The predicted octanol–water partition coefficient (Wildman–Crippen LogP) is 2.11. The molecule has 3 aromatic rings. The molecule has 0 fully saturated rings. The Labute approximate surface area is 95.3 Å². The van der Waals surface area contributed by atoms with Gasteiger partial charge in [-0.2, -0.15) is 0 Å². The molecule has 2 heterocycles. The molecule has 0 aliphatic heterocycles.